The third kappa shape index (κ3) is 2.05. The minimum absolute atomic E-state index is 0.100. The van der Waals surface area contributed by atoms with Gasteiger partial charge in [-0.1, -0.05) is 19.9 Å². The van der Waals surface area contributed by atoms with Crippen LogP contribution in [-0.2, 0) is 4.74 Å². The van der Waals surface area contributed by atoms with Gasteiger partial charge in [0.15, 0.2) is 0 Å². The number of amides is 1. The molecule has 3 nitrogen and oxygen atoms in total. The van der Waals surface area contributed by atoms with Crippen molar-refractivity contribution in [3.05, 3.63) is 34.9 Å². The van der Waals surface area contributed by atoms with Gasteiger partial charge in [0.2, 0.25) is 0 Å². The number of aryl methyl sites for hydroxylation is 1. The molecule has 0 aromatic heterocycles. The second-order valence-corrected chi connectivity index (χ2v) is 5.23. The molecule has 0 aliphatic carbocycles. The standard InChI is InChI=1S/C13H15F2NO2/c1-7-4-5-8(14)9(10(7)15)11-13(2,3)6-18-12(17)16-11/h4-5,11H,6H2,1-3H3,(H,16,17)/t11-/m0/s1. The molecule has 0 radical (unpaired) electrons. The maximum absolute atomic E-state index is 14.1. The molecule has 1 aromatic carbocycles. The van der Waals surface area contributed by atoms with Crippen molar-refractivity contribution in [1.29, 1.82) is 0 Å². The monoisotopic (exact) mass is 255 g/mol. The highest BCUT2D eigenvalue weighted by molar-refractivity contribution is 5.69. The van der Waals surface area contributed by atoms with Crippen LogP contribution in [0.2, 0.25) is 0 Å². The van der Waals surface area contributed by atoms with Crippen molar-refractivity contribution in [2.24, 2.45) is 5.41 Å². The molecule has 98 valence electrons. The maximum Gasteiger partial charge on any atom is 0.407 e. The number of halogens is 2. The van der Waals surface area contributed by atoms with E-state index in [9.17, 15) is 13.6 Å². The molecule has 1 aliphatic rings. The Hall–Kier alpha value is -1.65. The van der Waals surface area contributed by atoms with Gasteiger partial charge in [-0.2, -0.15) is 0 Å². The maximum atomic E-state index is 14.1. The van der Waals surface area contributed by atoms with E-state index in [1.54, 1.807) is 20.8 Å². The number of ether oxygens (including phenoxy) is 1. The Morgan fingerprint density at radius 3 is 2.72 bits per heavy atom. The van der Waals surface area contributed by atoms with Crippen LogP contribution in [0, 0.1) is 24.0 Å². The molecule has 1 saturated heterocycles. The summed E-state index contributed by atoms with van der Waals surface area (Å²) in [5.41, 5.74) is -0.330. The van der Waals surface area contributed by atoms with Crippen LogP contribution in [0.25, 0.3) is 0 Å². The minimum atomic E-state index is -0.737. The minimum Gasteiger partial charge on any atom is -0.449 e. The van der Waals surface area contributed by atoms with Crippen molar-refractivity contribution in [1.82, 2.24) is 5.32 Å². The fourth-order valence-corrected chi connectivity index (χ4v) is 2.10. The highest BCUT2D eigenvalue weighted by atomic mass is 19.1. The van der Waals surface area contributed by atoms with Gasteiger partial charge in [-0.05, 0) is 18.6 Å². The van der Waals surface area contributed by atoms with Crippen molar-refractivity contribution in [2.75, 3.05) is 6.61 Å². The van der Waals surface area contributed by atoms with E-state index in [4.69, 9.17) is 4.74 Å². The lowest BCUT2D eigenvalue weighted by molar-refractivity contribution is 0.0367. The Morgan fingerprint density at radius 1 is 1.39 bits per heavy atom. The molecular weight excluding hydrogens is 240 g/mol. The van der Waals surface area contributed by atoms with E-state index in [-0.39, 0.29) is 12.2 Å². The SMILES string of the molecule is Cc1ccc(F)c([C@@H]2NC(=O)OCC2(C)C)c1F. The first-order valence-corrected chi connectivity index (χ1v) is 5.71. The van der Waals surface area contributed by atoms with E-state index in [1.807, 2.05) is 0 Å². The van der Waals surface area contributed by atoms with Crippen molar-refractivity contribution in [3.8, 4) is 0 Å². The Morgan fingerprint density at radius 2 is 2.06 bits per heavy atom. The molecule has 1 atom stereocenters. The van der Waals surface area contributed by atoms with Crippen molar-refractivity contribution < 1.29 is 18.3 Å². The van der Waals surface area contributed by atoms with Gasteiger partial charge in [0.25, 0.3) is 0 Å². The number of hydrogen-bond donors (Lipinski definition) is 1. The molecule has 1 heterocycles. The zero-order chi connectivity index (χ0) is 13.5. The van der Waals surface area contributed by atoms with Gasteiger partial charge in [-0.25, -0.2) is 13.6 Å². The predicted molar refractivity (Wildman–Crippen MR) is 62.1 cm³/mol. The molecule has 0 bridgehead atoms. The average Bonchev–Trinajstić information content (AvgIpc) is 2.29. The molecule has 0 spiro atoms. The fraction of sp³-hybridized carbons (Fsp3) is 0.462. The first-order chi connectivity index (χ1) is 8.33. The quantitative estimate of drug-likeness (QED) is 0.837. The zero-order valence-corrected chi connectivity index (χ0v) is 10.5. The van der Waals surface area contributed by atoms with E-state index in [0.717, 1.165) is 0 Å². The number of alkyl carbamates (subject to hydrolysis) is 1. The van der Waals surface area contributed by atoms with Crippen molar-refractivity contribution in [2.45, 2.75) is 26.8 Å². The molecular formula is C13H15F2NO2. The molecule has 0 saturated carbocycles. The normalized spacial score (nSPS) is 22.3. The van der Waals surface area contributed by atoms with E-state index in [2.05, 4.69) is 5.32 Å². The largest absolute Gasteiger partial charge is 0.449 e. The molecule has 1 N–H and O–H groups in total. The van der Waals surface area contributed by atoms with Crippen LogP contribution < -0.4 is 5.32 Å². The summed E-state index contributed by atoms with van der Waals surface area (Å²) in [6.45, 7) is 5.26. The first-order valence-electron chi connectivity index (χ1n) is 5.71. The molecule has 5 heteroatoms. The van der Waals surface area contributed by atoms with Crippen LogP contribution in [0.5, 0.6) is 0 Å². The van der Waals surface area contributed by atoms with Crippen LogP contribution in [0.3, 0.4) is 0 Å². The van der Waals surface area contributed by atoms with E-state index < -0.39 is 29.2 Å². The van der Waals surface area contributed by atoms with Crippen LogP contribution in [0.1, 0.15) is 31.0 Å². The van der Waals surface area contributed by atoms with E-state index >= 15 is 0 Å². The van der Waals surface area contributed by atoms with Crippen LogP contribution in [-0.4, -0.2) is 12.7 Å². The fourth-order valence-electron chi connectivity index (χ4n) is 2.10. The van der Waals surface area contributed by atoms with Crippen molar-refractivity contribution in [3.63, 3.8) is 0 Å². The third-order valence-electron chi connectivity index (χ3n) is 3.23. The second kappa shape index (κ2) is 4.23. The van der Waals surface area contributed by atoms with Crippen LogP contribution in [0.15, 0.2) is 12.1 Å². The summed E-state index contributed by atoms with van der Waals surface area (Å²) in [6, 6.07) is 1.85. The summed E-state index contributed by atoms with van der Waals surface area (Å²) in [5.74, 6) is -1.27. The molecule has 0 unspecified atom stereocenters. The molecule has 1 amide bonds. The molecule has 1 aromatic rings. The Kier molecular flexibility index (Phi) is 3.00. The summed E-state index contributed by atoms with van der Waals surface area (Å²) < 4.78 is 32.8. The molecule has 1 aliphatic heterocycles. The van der Waals surface area contributed by atoms with Gasteiger partial charge in [-0.15, -0.1) is 0 Å². The lowest BCUT2D eigenvalue weighted by Crippen LogP contribution is -2.47. The lowest BCUT2D eigenvalue weighted by Gasteiger charge is -2.38. The first kappa shape index (κ1) is 12.8. The number of nitrogens with one attached hydrogen (secondary N) is 1. The molecule has 18 heavy (non-hydrogen) atoms. The highest BCUT2D eigenvalue weighted by Gasteiger charge is 2.40. The smallest absolute Gasteiger partial charge is 0.407 e. The topological polar surface area (TPSA) is 38.3 Å². The molecule has 2 rings (SSSR count). The van der Waals surface area contributed by atoms with Crippen LogP contribution >= 0.6 is 0 Å². The Bertz CT molecular complexity index is 500. The highest BCUT2D eigenvalue weighted by Crippen LogP contribution is 2.39. The number of cyclic esters (lactones) is 1. The summed E-state index contributed by atoms with van der Waals surface area (Å²) in [5, 5.41) is 2.49. The summed E-state index contributed by atoms with van der Waals surface area (Å²) >= 11 is 0. The van der Waals surface area contributed by atoms with Crippen LogP contribution in [0.4, 0.5) is 13.6 Å². The van der Waals surface area contributed by atoms with E-state index in [0.29, 0.717) is 5.56 Å². The van der Waals surface area contributed by atoms with Gasteiger partial charge in [0, 0.05) is 11.0 Å². The zero-order valence-electron chi connectivity index (χ0n) is 10.5. The number of carbonyl (C=O) groups is 1. The Labute approximate surface area is 104 Å². The average molecular weight is 255 g/mol. The van der Waals surface area contributed by atoms with Gasteiger partial charge < -0.3 is 10.1 Å². The third-order valence-corrected chi connectivity index (χ3v) is 3.23. The van der Waals surface area contributed by atoms with Gasteiger partial charge in [0.1, 0.15) is 18.2 Å². The summed E-state index contributed by atoms with van der Waals surface area (Å²) in [4.78, 5) is 11.3. The van der Waals surface area contributed by atoms with Gasteiger partial charge >= 0.3 is 6.09 Å². The number of carbonyl (C=O) groups excluding carboxylic acids is 1. The Balaban J connectivity index is 2.52. The van der Waals surface area contributed by atoms with Gasteiger partial charge in [0.05, 0.1) is 6.04 Å². The van der Waals surface area contributed by atoms with Gasteiger partial charge in [-0.3, -0.25) is 0 Å². The van der Waals surface area contributed by atoms with E-state index in [1.165, 1.54) is 12.1 Å². The molecule has 1 fully saturated rings. The van der Waals surface area contributed by atoms with Crippen molar-refractivity contribution >= 4 is 6.09 Å². The summed E-state index contributed by atoms with van der Waals surface area (Å²) in [6.07, 6.45) is -0.653. The summed E-state index contributed by atoms with van der Waals surface area (Å²) in [7, 11) is 0. The number of hydrogen-bond acceptors (Lipinski definition) is 2. The predicted octanol–water partition coefficient (Wildman–Crippen LogP) is 3.08. The lowest BCUT2D eigenvalue weighted by atomic mass is 9.79. The number of rotatable bonds is 1. The number of benzene rings is 1. The second-order valence-electron chi connectivity index (χ2n) is 5.23.